The van der Waals surface area contributed by atoms with Gasteiger partial charge in [-0.1, -0.05) is 0 Å². The summed E-state index contributed by atoms with van der Waals surface area (Å²) in [7, 11) is 0. The molecule has 0 heterocycles. The van der Waals surface area contributed by atoms with Crippen molar-refractivity contribution in [2.75, 3.05) is 0 Å². The van der Waals surface area contributed by atoms with Gasteiger partial charge in [0.15, 0.2) is 0 Å². The Balaban J connectivity index is 1.69. The molecule has 0 aromatic heterocycles. The Labute approximate surface area is 147 Å². The molecule has 0 unspecified atom stereocenters. The van der Waals surface area contributed by atoms with Crippen LogP contribution in [-0.2, 0) is 5.32 Å². The summed E-state index contributed by atoms with van der Waals surface area (Å²) < 4.78 is 1.47. The summed E-state index contributed by atoms with van der Waals surface area (Å²) >= 11 is 0.476. The molecule has 0 saturated carbocycles. The fourth-order valence-corrected chi connectivity index (χ4v) is 5.54. The predicted molar refractivity (Wildman–Crippen MR) is 106 cm³/mol. The summed E-state index contributed by atoms with van der Waals surface area (Å²) in [5, 5.41) is 9.46. The number of hydrogen-bond donors (Lipinski definition) is 0. The molecule has 1 heteroatoms. The standard InChI is InChI=1S/C23H16Se/c1-2-7-20(8-3-1)24-15-19-12-11-18-10-9-16-5-4-6-17-13-14-21(19)23(18)22(16)17/h1-14H,15H2. The van der Waals surface area contributed by atoms with Crippen molar-refractivity contribution in [3.05, 3.63) is 90.5 Å². The Kier molecular flexibility index (Phi) is 3.29. The molecule has 0 radical (unpaired) electrons. The van der Waals surface area contributed by atoms with Crippen LogP contribution in [0.15, 0.2) is 84.9 Å². The minimum absolute atomic E-state index is 0.476. The molecule has 24 heavy (non-hydrogen) atoms. The molecule has 114 valence electrons. The SMILES string of the molecule is c1ccc([Se]Cc2ccc3ccc4cccc5ccc2c3c45)cc1. The fourth-order valence-electron chi connectivity index (χ4n) is 3.60. The first-order chi connectivity index (χ1) is 11.9. The van der Waals surface area contributed by atoms with E-state index < -0.39 is 0 Å². The van der Waals surface area contributed by atoms with E-state index in [-0.39, 0.29) is 0 Å². The Morgan fingerprint density at radius 1 is 0.542 bits per heavy atom. The van der Waals surface area contributed by atoms with E-state index in [0.717, 1.165) is 5.32 Å². The van der Waals surface area contributed by atoms with Gasteiger partial charge in [-0.05, 0) is 0 Å². The average Bonchev–Trinajstić information content (AvgIpc) is 2.66. The molecule has 0 aliphatic heterocycles. The summed E-state index contributed by atoms with van der Waals surface area (Å²) in [4.78, 5) is 0. The van der Waals surface area contributed by atoms with Crippen LogP contribution in [0.1, 0.15) is 5.56 Å². The van der Waals surface area contributed by atoms with Gasteiger partial charge in [0.1, 0.15) is 0 Å². The van der Waals surface area contributed by atoms with Crippen LogP contribution in [0.3, 0.4) is 0 Å². The quantitative estimate of drug-likeness (QED) is 0.305. The van der Waals surface area contributed by atoms with E-state index in [4.69, 9.17) is 0 Å². The van der Waals surface area contributed by atoms with Crippen molar-refractivity contribution in [3.63, 3.8) is 0 Å². The van der Waals surface area contributed by atoms with Crippen molar-refractivity contribution >= 4 is 51.7 Å². The van der Waals surface area contributed by atoms with Crippen molar-refractivity contribution in [1.29, 1.82) is 0 Å². The average molecular weight is 371 g/mol. The van der Waals surface area contributed by atoms with Crippen LogP contribution in [0.2, 0.25) is 0 Å². The van der Waals surface area contributed by atoms with E-state index in [1.165, 1.54) is 42.3 Å². The van der Waals surface area contributed by atoms with Gasteiger partial charge in [-0.25, -0.2) is 0 Å². The van der Waals surface area contributed by atoms with Gasteiger partial charge in [0.25, 0.3) is 0 Å². The number of hydrogen-bond acceptors (Lipinski definition) is 0. The van der Waals surface area contributed by atoms with Gasteiger partial charge in [0.05, 0.1) is 0 Å². The van der Waals surface area contributed by atoms with E-state index in [9.17, 15) is 0 Å². The molecule has 0 atom stereocenters. The van der Waals surface area contributed by atoms with Gasteiger partial charge in [0.2, 0.25) is 0 Å². The van der Waals surface area contributed by atoms with Crippen molar-refractivity contribution in [1.82, 2.24) is 0 Å². The summed E-state index contributed by atoms with van der Waals surface area (Å²) in [6, 6.07) is 31.2. The third-order valence-electron chi connectivity index (χ3n) is 4.76. The fraction of sp³-hybridized carbons (Fsp3) is 0.0435. The van der Waals surface area contributed by atoms with Crippen LogP contribution in [-0.4, -0.2) is 15.0 Å². The van der Waals surface area contributed by atoms with E-state index in [2.05, 4.69) is 84.9 Å². The van der Waals surface area contributed by atoms with Gasteiger partial charge in [-0.15, -0.1) is 0 Å². The number of benzene rings is 5. The Bertz CT molecular complexity index is 1130. The molecule has 0 spiro atoms. The Hall–Kier alpha value is -2.34. The zero-order valence-electron chi connectivity index (χ0n) is 13.2. The number of rotatable bonds is 3. The molecule has 5 aromatic carbocycles. The minimum atomic E-state index is 0.476. The molecule has 0 amide bonds. The Morgan fingerprint density at radius 2 is 1.21 bits per heavy atom. The second kappa shape index (κ2) is 5.63. The third kappa shape index (κ3) is 2.21. The van der Waals surface area contributed by atoms with Gasteiger partial charge in [0, 0.05) is 0 Å². The van der Waals surface area contributed by atoms with E-state index >= 15 is 0 Å². The van der Waals surface area contributed by atoms with Crippen LogP contribution >= 0.6 is 0 Å². The van der Waals surface area contributed by atoms with E-state index in [1.807, 2.05) is 0 Å². The first kappa shape index (κ1) is 14.0. The van der Waals surface area contributed by atoms with Crippen LogP contribution in [0.25, 0.3) is 32.3 Å². The van der Waals surface area contributed by atoms with Gasteiger partial charge < -0.3 is 0 Å². The summed E-state index contributed by atoms with van der Waals surface area (Å²) in [5.41, 5.74) is 1.48. The summed E-state index contributed by atoms with van der Waals surface area (Å²) in [5.74, 6) is 0. The van der Waals surface area contributed by atoms with Crippen molar-refractivity contribution in [2.45, 2.75) is 5.32 Å². The Morgan fingerprint density at radius 3 is 2.00 bits per heavy atom. The molecule has 0 nitrogen and oxygen atoms in total. The first-order valence-electron chi connectivity index (χ1n) is 8.23. The predicted octanol–water partition coefficient (Wildman–Crippen LogP) is 5.11. The zero-order chi connectivity index (χ0) is 15.9. The monoisotopic (exact) mass is 372 g/mol. The second-order valence-corrected chi connectivity index (χ2v) is 8.38. The topological polar surface area (TPSA) is 0 Å². The van der Waals surface area contributed by atoms with Gasteiger partial charge in [-0.2, -0.15) is 0 Å². The van der Waals surface area contributed by atoms with Crippen molar-refractivity contribution in [2.24, 2.45) is 0 Å². The first-order valence-corrected chi connectivity index (χ1v) is 10.3. The second-order valence-electron chi connectivity index (χ2n) is 6.18. The molecular weight excluding hydrogens is 355 g/mol. The van der Waals surface area contributed by atoms with E-state index in [0.29, 0.717) is 15.0 Å². The van der Waals surface area contributed by atoms with Crippen LogP contribution in [0, 0.1) is 0 Å². The normalized spacial score (nSPS) is 11.7. The molecule has 0 aliphatic rings. The molecule has 5 rings (SSSR count). The van der Waals surface area contributed by atoms with Crippen LogP contribution in [0.4, 0.5) is 0 Å². The van der Waals surface area contributed by atoms with Crippen molar-refractivity contribution < 1.29 is 0 Å². The third-order valence-corrected chi connectivity index (χ3v) is 6.98. The molecule has 0 bridgehead atoms. The zero-order valence-corrected chi connectivity index (χ0v) is 14.9. The molecule has 0 saturated heterocycles. The van der Waals surface area contributed by atoms with Crippen LogP contribution < -0.4 is 4.46 Å². The van der Waals surface area contributed by atoms with Crippen LogP contribution in [0.5, 0.6) is 0 Å². The molecular formula is C23H16Se. The molecule has 5 aromatic rings. The molecule has 0 aliphatic carbocycles. The molecule has 0 N–H and O–H groups in total. The maximum absolute atomic E-state index is 2.33. The summed E-state index contributed by atoms with van der Waals surface area (Å²) in [6.45, 7) is 0. The maximum atomic E-state index is 2.33. The summed E-state index contributed by atoms with van der Waals surface area (Å²) in [6.07, 6.45) is 0. The van der Waals surface area contributed by atoms with E-state index in [1.54, 1.807) is 0 Å². The van der Waals surface area contributed by atoms with Gasteiger partial charge >= 0.3 is 148 Å². The van der Waals surface area contributed by atoms with Crippen molar-refractivity contribution in [3.8, 4) is 0 Å². The van der Waals surface area contributed by atoms with Gasteiger partial charge in [-0.3, -0.25) is 0 Å². The molecule has 0 fully saturated rings.